The minimum Gasteiger partial charge on any atom is -0.317 e. The van der Waals surface area contributed by atoms with Crippen molar-refractivity contribution in [2.45, 2.75) is 18.9 Å². The lowest BCUT2D eigenvalue weighted by molar-refractivity contribution is 0.207. The fourth-order valence-electron chi connectivity index (χ4n) is 2.69. The predicted molar refractivity (Wildman–Crippen MR) is 83.4 cm³/mol. The van der Waals surface area contributed by atoms with Gasteiger partial charge in [-0.05, 0) is 42.7 Å². The summed E-state index contributed by atoms with van der Waals surface area (Å²) in [7, 11) is 0. The van der Waals surface area contributed by atoms with Gasteiger partial charge in [0.2, 0.25) is 0 Å². The number of hydrogen-bond acceptors (Lipinski definition) is 2. The third-order valence-corrected chi connectivity index (χ3v) is 3.89. The molecule has 1 atom stereocenters. The summed E-state index contributed by atoms with van der Waals surface area (Å²) < 4.78 is 0. The first kappa shape index (κ1) is 13.9. The van der Waals surface area contributed by atoms with Crippen molar-refractivity contribution in [3.05, 3.63) is 59.4 Å². The second-order valence-corrected chi connectivity index (χ2v) is 5.51. The van der Waals surface area contributed by atoms with Gasteiger partial charge in [0.05, 0.1) is 6.04 Å². The second kappa shape index (κ2) is 6.14. The SMILES string of the molecule is O=C(Nc1cccc(Cl)c1)N1CCCC1c1cccnc1. The average molecular weight is 302 g/mol. The van der Waals surface area contributed by atoms with E-state index in [1.165, 1.54) is 0 Å². The molecule has 108 valence electrons. The number of halogens is 1. The van der Waals surface area contributed by atoms with Crippen LogP contribution in [0.1, 0.15) is 24.4 Å². The Balaban J connectivity index is 1.74. The minimum atomic E-state index is -0.0939. The molecule has 2 amide bonds. The molecule has 1 aliphatic rings. The number of carbonyl (C=O) groups is 1. The van der Waals surface area contributed by atoms with Crippen molar-refractivity contribution in [1.82, 2.24) is 9.88 Å². The number of carbonyl (C=O) groups excluding carboxylic acids is 1. The summed E-state index contributed by atoms with van der Waals surface area (Å²) in [4.78, 5) is 18.5. The van der Waals surface area contributed by atoms with Crippen molar-refractivity contribution in [2.75, 3.05) is 11.9 Å². The van der Waals surface area contributed by atoms with Crippen LogP contribution < -0.4 is 5.32 Å². The van der Waals surface area contributed by atoms with Crippen LogP contribution in [-0.2, 0) is 0 Å². The smallest absolute Gasteiger partial charge is 0.317 e. The molecular formula is C16H16ClN3O. The maximum atomic E-state index is 12.5. The highest BCUT2D eigenvalue weighted by Gasteiger charge is 2.30. The van der Waals surface area contributed by atoms with Crippen LogP contribution in [-0.4, -0.2) is 22.5 Å². The number of pyridine rings is 1. The van der Waals surface area contributed by atoms with Crippen molar-refractivity contribution in [1.29, 1.82) is 0 Å². The van der Waals surface area contributed by atoms with E-state index in [9.17, 15) is 4.79 Å². The van der Waals surface area contributed by atoms with E-state index in [1.807, 2.05) is 35.4 Å². The number of nitrogens with zero attached hydrogens (tertiary/aromatic N) is 2. The molecule has 0 spiro atoms. The van der Waals surface area contributed by atoms with Gasteiger partial charge in [0, 0.05) is 29.6 Å². The van der Waals surface area contributed by atoms with E-state index in [0.717, 1.165) is 24.9 Å². The molecule has 4 nitrogen and oxygen atoms in total. The molecule has 21 heavy (non-hydrogen) atoms. The monoisotopic (exact) mass is 301 g/mol. The topological polar surface area (TPSA) is 45.2 Å². The molecule has 1 N–H and O–H groups in total. The van der Waals surface area contributed by atoms with Crippen LogP contribution in [0.4, 0.5) is 10.5 Å². The van der Waals surface area contributed by atoms with Crippen LogP contribution >= 0.6 is 11.6 Å². The fraction of sp³-hybridized carbons (Fsp3) is 0.250. The molecule has 0 aliphatic carbocycles. The zero-order chi connectivity index (χ0) is 14.7. The van der Waals surface area contributed by atoms with E-state index < -0.39 is 0 Å². The molecule has 1 saturated heterocycles. The summed E-state index contributed by atoms with van der Waals surface area (Å²) in [5, 5.41) is 3.52. The third kappa shape index (κ3) is 3.16. The highest BCUT2D eigenvalue weighted by Crippen LogP contribution is 2.31. The van der Waals surface area contributed by atoms with E-state index in [2.05, 4.69) is 10.3 Å². The van der Waals surface area contributed by atoms with Gasteiger partial charge in [-0.15, -0.1) is 0 Å². The van der Waals surface area contributed by atoms with E-state index in [-0.39, 0.29) is 12.1 Å². The van der Waals surface area contributed by atoms with E-state index >= 15 is 0 Å². The molecule has 0 radical (unpaired) electrons. The summed E-state index contributed by atoms with van der Waals surface area (Å²) in [5.74, 6) is 0. The van der Waals surface area contributed by atoms with Gasteiger partial charge < -0.3 is 10.2 Å². The van der Waals surface area contributed by atoms with E-state index in [4.69, 9.17) is 11.6 Å². The Morgan fingerprint density at radius 2 is 2.24 bits per heavy atom. The number of benzene rings is 1. The van der Waals surface area contributed by atoms with Crippen molar-refractivity contribution in [2.24, 2.45) is 0 Å². The van der Waals surface area contributed by atoms with Gasteiger partial charge >= 0.3 is 6.03 Å². The van der Waals surface area contributed by atoms with Crippen molar-refractivity contribution >= 4 is 23.3 Å². The number of rotatable bonds is 2. The molecule has 0 saturated carbocycles. The highest BCUT2D eigenvalue weighted by atomic mass is 35.5. The lowest BCUT2D eigenvalue weighted by Gasteiger charge is -2.25. The Morgan fingerprint density at radius 3 is 3.00 bits per heavy atom. The molecule has 1 aromatic heterocycles. The van der Waals surface area contributed by atoms with Crippen LogP contribution in [0.15, 0.2) is 48.8 Å². The minimum absolute atomic E-state index is 0.0939. The van der Waals surface area contributed by atoms with Crippen LogP contribution in [0.25, 0.3) is 0 Å². The average Bonchev–Trinajstić information content (AvgIpc) is 2.98. The zero-order valence-electron chi connectivity index (χ0n) is 11.5. The van der Waals surface area contributed by atoms with E-state index in [1.54, 1.807) is 18.3 Å². The number of nitrogens with one attached hydrogen (secondary N) is 1. The Morgan fingerprint density at radius 1 is 1.33 bits per heavy atom. The lowest BCUT2D eigenvalue weighted by atomic mass is 10.1. The molecule has 5 heteroatoms. The Kier molecular flexibility index (Phi) is 4.06. The Hall–Kier alpha value is -2.07. The first-order chi connectivity index (χ1) is 10.2. The first-order valence-electron chi connectivity index (χ1n) is 6.97. The zero-order valence-corrected chi connectivity index (χ0v) is 12.3. The van der Waals surface area contributed by atoms with Gasteiger partial charge in [-0.1, -0.05) is 23.7 Å². The number of amides is 2. The Labute approximate surface area is 128 Å². The van der Waals surface area contributed by atoms with Gasteiger partial charge in [-0.2, -0.15) is 0 Å². The van der Waals surface area contributed by atoms with Gasteiger partial charge in [0.15, 0.2) is 0 Å². The summed E-state index contributed by atoms with van der Waals surface area (Å²) in [6, 6.07) is 11.1. The second-order valence-electron chi connectivity index (χ2n) is 5.08. The van der Waals surface area contributed by atoms with Gasteiger partial charge in [-0.25, -0.2) is 4.79 Å². The maximum absolute atomic E-state index is 12.5. The van der Waals surface area contributed by atoms with Crippen LogP contribution in [0.3, 0.4) is 0 Å². The maximum Gasteiger partial charge on any atom is 0.322 e. The number of likely N-dealkylation sites (tertiary alicyclic amines) is 1. The highest BCUT2D eigenvalue weighted by molar-refractivity contribution is 6.30. The van der Waals surface area contributed by atoms with Crippen molar-refractivity contribution in [3.8, 4) is 0 Å². The van der Waals surface area contributed by atoms with Crippen molar-refractivity contribution in [3.63, 3.8) is 0 Å². The molecule has 1 fully saturated rings. The normalized spacial score (nSPS) is 17.8. The molecule has 0 bridgehead atoms. The number of anilines is 1. The molecule has 3 rings (SSSR count). The van der Waals surface area contributed by atoms with Crippen LogP contribution in [0.2, 0.25) is 5.02 Å². The molecule has 2 heterocycles. The molecular weight excluding hydrogens is 286 g/mol. The van der Waals surface area contributed by atoms with Gasteiger partial charge in [-0.3, -0.25) is 4.98 Å². The predicted octanol–water partition coefficient (Wildman–Crippen LogP) is 4.10. The molecule has 1 aromatic carbocycles. The van der Waals surface area contributed by atoms with Crippen LogP contribution in [0.5, 0.6) is 0 Å². The Bertz CT molecular complexity index is 632. The fourth-order valence-corrected chi connectivity index (χ4v) is 2.88. The number of urea groups is 1. The molecule has 1 unspecified atom stereocenters. The lowest BCUT2D eigenvalue weighted by Crippen LogP contribution is -2.34. The summed E-state index contributed by atoms with van der Waals surface area (Å²) in [5.41, 5.74) is 1.79. The van der Waals surface area contributed by atoms with Crippen molar-refractivity contribution < 1.29 is 4.79 Å². The van der Waals surface area contributed by atoms with Crippen LogP contribution in [0, 0.1) is 0 Å². The first-order valence-corrected chi connectivity index (χ1v) is 7.35. The standard InChI is InChI=1S/C16H16ClN3O/c17-13-5-1-6-14(10-13)19-16(21)20-9-3-7-15(20)12-4-2-8-18-11-12/h1-2,4-6,8,10-11,15H,3,7,9H2,(H,19,21). The van der Waals surface area contributed by atoms with Gasteiger partial charge in [0.25, 0.3) is 0 Å². The van der Waals surface area contributed by atoms with E-state index in [0.29, 0.717) is 10.7 Å². The summed E-state index contributed by atoms with van der Waals surface area (Å²) >= 11 is 5.94. The summed E-state index contributed by atoms with van der Waals surface area (Å²) in [6.07, 6.45) is 5.54. The molecule has 2 aromatic rings. The quantitative estimate of drug-likeness (QED) is 0.907. The van der Waals surface area contributed by atoms with Gasteiger partial charge in [0.1, 0.15) is 0 Å². The third-order valence-electron chi connectivity index (χ3n) is 3.66. The summed E-state index contributed by atoms with van der Waals surface area (Å²) in [6.45, 7) is 0.756. The molecule has 1 aliphatic heterocycles. The number of hydrogen-bond donors (Lipinski definition) is 1. The largest absolute Gasteiger partial charge is 0.322 e. The number of aromatic nitrogens is 1.